The van der Waals surface area contributed by atoms with E-state index in [1.807, 2.05) is 0 Å². The van der Waals surface area contributed by atoms with Crippen LogP contribution in [-0.2, 0) is 25.7 Å². The number of hydrogen-bond donors (Lipinski definition) is 0. The Bertz CT molecular complexity index is 2220. The molecule has 9 nitrogen and oxygen atoms in total. The third kappa shape index (κ3) is 8.14. The molecular formula is C36H18AlF12N3O6. The van der Waals surface area contributed by atoms with Crippen LogP contribution in [0.5, 0.6) is 0 Å². The zero-order valence-corrected chi connectivity index (χ0v) is 31.1. The average molecular weight is 844 g/mol. The van der Waals surface area contributed by atoms with E-state index in [4.69, 9.17) is 27.2 Å². The van der Waals surface area contributed by atoms with Crippen molar-refractivity contribution in [1.82, 2.24) is 0 Å². The van der Waals surface area contributed by atoms with Crippen LogP contribution in [0.4, 0.5) is 52.7 Å². The van der Waals surface area contributed by atoms with E-state index < -0.39 is 170 Å². The maximum atomic E-state index is 15.2. The third-order valence-corrected chi connectivity index (χ3v) is 9.44. The summed E-state index contributed by atoms with van der Waals surface area (Å²) in [5.74, 6) is -35.6. The molecule has 0 bridgehead atoms. The largest absolute Gasteiger partial charge is 1.20 e. The lowest BCUT2D eigenvalue weighted by Gasteiger charge is -2.22. The summed E-state index contributed by atoms with van der Waals surface area (Å²) in [7, 11) is 0. The van der Waals surface area contributed by atoms with Crippen molar-refractivity contribution in [2.45, 2.75) is 41.5 Å². The minimum absolute atomic E-state index is 0.560. The standard InChI is InChI=1S/3C12H7F4NO2.Al/c3*1-4(18)7(5(2)19)8-11(15)9(13)6(3-17)10(14)12(8)16;/h3*18H,1-2H3;/q;;;+3/p-3/b3*7-4+;. The number of halogens is 12. The summed E-state index contributed by atoms with van der Waals surface area (Å²) in [5, 5.41) is 26.8. The molecule has 0 N–H and O–H groups in total. The van der Waals surface area contributed by atoms with Crippen LogP contribution >= 0.6 is 0 Å². The van der Waals surface area contributed by atoms with Crippen molar-refractivity contribution < 1.29 is 78.4 Å². The zero-order valence-electron chi connectivity index (χ0n) is 29.9. The molecule has 0 unspecified atom stereocenters. The van der Waals surface area contributed by atoms with Gasteiger partial charge in [0.2, 0.25) is 0 Å². The molecule has 0 atom stereocenters. The topological polar surface area (TPSA) is 150 Å². The van der Waals surface area contributed by atoms with Crippen LogP contribution in [0.15, 0.2) is 17.3 Å². The number of benzene rings is 3. The second-order valence-electron chi connectivity index (χ2n) is 11.5. The molecule has 0 spiro atoms. The molecule has 0 aromatic heterocycles. The van der Waals surface area contributed by atoms with Gasteiger partial charge < -0.3 is 11.4 Å². The van der Waals surface area contributed by atoms with Gasteiger partial charge in [0.25, 0.3) is 0 Å². The highest BCUT2D eigenvalue weighted by atomic mass is 27.3. The van der Waals surface area contributed by atoms with E-state index in [1.54, 1.807) is 0 Å². The molecule has 3 aromatic carbocycles. The molecule has 58 heavy (non-hydrogen) atoms. The Morgan fingerprint density at radius 2 is 0.552 bits per heavy atom. The summed E-state index contributed by atoms with van der Waals surface area (Å²) in [6.07, 6.45) is 0. The number of carbonyl (C=O) groups is 3. The van der Waals surface area contributed by atoms with Crippen molar-refractivity contribution in [3.05, 3.63) is 120 Å². The molecule has 0 aliphatic rings. The number of rotatable bonds is 12. The maximum Gasteiger partial charge on any atom is 1.20 e. The van der Waals surface area contributed by atoms with E-state index in [-0.39, 0.29) is 0 Å². The van der Waals surface area contributed by atoms with E-state index in [0.717, 1.165) is 18.2 Å². The van der Waals surface area contributed by atoms with Crippen LogP contribution in [-0.4, -0.2) is 32.5 Å². The van der Waals surface area contributed by atoms with Gasteiger partial charge in [0.15, 0.2) is 87.2 Å². The van der Waals surface area contributed by atoms with Crippen molar-refractivity contribution in [2.24, 2.45) is 0 Å². The quantitative estimate of drug-likeness (QED) is 0.0576. The lowest BCUT2D eigenvalue weighted by atomic mass is 9.97. The van der Waals surface area contributed by atoms with Crippen LogP contribution in [0.25, 0.3) is 16.7 Å². The zero-order chi connectivity index (χ0) is 44.4. The van der Waals surface area contributed by atoms with Gasteiger partial charge in [-0.1, -0.05) is 0 Å². The van der Waals surface area contributed by atoms with Gasteiger partial charge in [0, 0.05) is 0 Å². The van der Waals surface area contributed by atoms with Gasteiger partial charge in [0.1, 0.15) is 34.9 Å². The molecule has 0 amide bonds. The Hall–Kier alpha value is -6.55. The van der Waals surface area contributed by atoms with Crippen molar-refractivity contribution in [1.29, 1.82) is 15.8 Å². The van der Waals surface area contributed by atoms with E-state index >= 15 is 26.3 Å². The number of ketones is 3. The summed E-state index contributed by atoms with van der Waals surface area (Å²) in [5.41, 5.74) is -14.9. The predicted molar refractivity (Wildman–Crippen MR) is 172 cm³/mol. The first-order valence-corrected chi connectivity index (χ1v) is 16.8. The van der Waals surface area contributed by atoms with Crippen molar-refractivity contribution in [3.8, 4) is 18.2 Å². The van der Waals surface area contributed by atoms with E-state index in [2.05, 4.69) is 0 Å². The first-order valence-electron chi connectivity index (χ1n) is 15.4. The van der Waals surface area contributed by atoms with Gasteiger partial charge >= 0.3 is 15.1 Å². The molecular weight excluding hydrogens is 825 g/mol. The number of allylic oxidation sites excluding steroid dienone is 6. The van der Waals surface area contributed by atoms with E-state index in [1.165, 1.54) is 0 Å². The SMILES string of the molecule is CC(=O)/C(=C(/C)[O][Al]([O]/C(C)=C(\C(C)=O)c1c(F)c(F)c(C#N)c(F)c1F)[O]/C(C)=C(\C(C)=O)c1c(F)c(F)c(C#N)c(F)c1F)c1c(F)c(F)c(C#N)c(F)c1F. The highest BCUT2D eigenvalue weighted by Crippen LogP contribution is 2.36. The Kier molecular flexibility index (Phi) is 14.0. The van der Waals surface area contributed by atoms with Gasteiger partial charge in [-0.2, -0.15) is 15.8 Å². The van der Waals surface area contributed by atoms with E-state index in [9.17, 15) is 40.7 Å². The molecule has 0 heterocycles. The number of carbonyl (C=O) groups excluding carboxylic acids is 3. The molecule has 0 saturated heterocycles. The predicted octanol–water partition coefficient (Wildman–Crippen LogP) is 8.37. The fraction of sp³-hybridized carbons (Fsp3) is 0.167. The summed E-state index contributed by atoms with van der Waals surface area (Å²) in [6, 6.07) is 2.58. The summed E-state index contributed by atoms with van der Waals surface area (Å²) in [6.45, 7) is 3.60. The van der Waals surface area contributed by atoms with E-state index in [0.29, 0.717) is 41.5 Å². The molecule has 0 aliphatic carbocycles. The molecule has 0 fully saturated rings. The third-order valence-electron chi connectivity index (χ3n) is 7.81. The molecule has 0 radical (unpaired) electrons. The van der Waals surface area contributed by atoms with Crippen LogP contribution in [0.1, 0.15) is 74.9 Å². The first-order chi connectivity index (χ1) is 26.9. The summed E-state index contributed by atoms with van der Waals surface area (Å²) >= 11 is -4.87. The Morgan fingerprint density at radius 1 is 0.379 bits per heavy atom. The number of nitriles is 3. The fourth-order valence-corrected chi connectivity index (χ4v) is 6.69. The molecule has 3 aromatic rings. The lowest BCUT2D eigenvalue weighted by molar-refractivity contribution is -0.112. The monoisotopic (exact) mass is 843 g/mol. The molecule has 0 aliphatic heterocycles. The minimum Gasteiger partial charge on any atom is -0.580 e. The normalized spacial score (nSPS) is 12.3. The Balaban J connectivity index is 2.49. The number of hydrogen-bond acceptors (Lipinski definition) is 9. The molecule has 0 saturated carbocycles. The van der Waals surface area contributed by atoms with Gasteiger partial charge in [0.05, 0.1) is 50.7 Å². The van der Waals surface area contributed by atoms with Crippen LogP contribution in [0.2, 0.25) is 0 Å². The average Bonchev–Trinajstić information content (AvgIpc) is 3.14. The smallest absolute Gasteiger partial charge is 0.580 e. The van der Waals surface area contributed by atoms with Crippen molar-refractivity contribution in [2.75, 3.05) is 0 Å². The minimum atomic E-state index is -4.87. The van der Waals surface area contributed by atoms with Crippen molar-refractivity contribution in [3.63, 3.8) is 0 Å². The molecule has 22 heteroatoms. The highest BCUT2D eigenvalue weighted by molar-refractivity contribution is 6.39. The highest BCUT2D eigenvalue weighted by Gasteiger charge is 2.47. The first kappa shape index (κ1) is 45.8. The number of Topliss-reactive ketones (excluding diaryl/α,β-unsaturated/α-hetero) is 3. The Labute approximate surface area is 323 Å². The van der Waals surface area contributed by atoms with Gasteiger partial charge in [-0.25, -0.2) is 52.7 Å². The second kappa shape index (κ2) is 17.7. The maximum absolute atomic E-state index is 15.2. The molecule has 300 valence electrons. The van der Waals surface area contributed by atoms with Gasteiger partial charge in [-0.05, 0) is 41.5 Å². The fourth-order valence-electron chi connectivity index (χ4n) is 5.33. The van der Waals surface area contributed by atoms with Gasteiger partial charge in [-0.3, -0.25) is 14.4 Å². The van der Waals surface area contributed by atoms with Crippen LogP contribution in [0, 0.1) is 104 Å². The summed E-state index contributed by atoms with van der Waals surface area (Å²) in [4.78, 5) is 38.2. The lowest BCUT2D eigenvalue weighted by Crippen LogP contribution is -2.28. The Morgan fingerprint density at radius 3 is 0.690 bits per heavy atom. The summed E-state index contributed by atoms with van der Waals surface area (Å²) < 4.78 is 195. The van der Waals surface area contributed by atoms with Gasteiger partial charge in [-0.15, -0.1) is 0 Å². The second-order valence-corrected chi connectivity index (χ2v) is 12.7. The molecule has 3 rings (SSSR count). The van der Waals surface area contributed by atoms with Crippen LogP contribution in [0.3, 0.4) is 0 Å². The van der Waals surface area contributed by atoms with Crippen molar-refractivity contribution >= 4 is 49.2 Å². The number of nitrogens with zero attached hydrogens (tertiary/aromatic N) is 3. The van der Waals surface area contributed by atoms with Crippen LogP contribution < -0.4 is 0 Å².